The largest absolute Gasteiger partial charge is 0.504 e. The third-order valence-electron chi connectivity index (χ3n) is 3.71. The van der Waals surface area contributed by atoms with E-state index in [1.165, 1.54) is 32.4 Å². The van der Waals surface area contributed by atoms with Gasteiger partial charge in [0.05, 0.1) is 14.2 Å². The lowest BCUT2D eigenvalue weighted by atomic mass is 10.1. The van der Waals surface area contributed by atoms with Crippen LogP contribution < -0.4 is 14.9 Å². The van der Waals surface area contributed by atoms with E-state index in [1.807, 2.05) is 0 Å². The van der Waals surface area contributed by atoms with Gasteiger partial charge in [-0.2, -0.15) is 0 Å². The van der Waals surface area contributed by atoms with Crippen LogP contribution in [0.3, 0.4) is 0 Å². The quantitative estimate of drug-likeness (QED) is 0.568. The highest BCUT2D eigenvalue weighted by atomic mass is 16.5. The van der Waals surface area contributed by atoms with Crippen molar-refractivity contribution in [1.29, 1.82) is 0 Å². The minimum atomic E-state index is -0.904. The maximum absolute atomic E-state index is 12.5. The molecular weight excluding hydrogens is 332 g/mol. The Kier molecular flexibility index (Phi) is 3.80. The van der Waals surface area contributed by atoms with Gasteiger partial charge < -0.3 is 34.3 Å². The fourth-order valence-corrected chi connectivity index (χ4v) is 2.51. The second-order valence-electron chi connectivity index (χ2n) is 5.15. The van der Waals surface area contributed by atoms with Crippen molar-refractivity contribution in [3.8, 4) is 45.8 Å². The summed E-state index contributed by atoms with van der Waals surface area (Å²) in [7, 11) is 2.55. The van der Waals surface area contributed by atoms with Gasteiger partial charge in [0.25, 0.3) is 0 Å². The van der Waals surface area contributed by atoms with Crippen LogP contribution in [0.1, 0.15) is 0 Å². The van der Waals surface area contributed by atoms with Crippen molar-refractivity contribution >= 4 is 11.0 Å². The fourth-order valence-electron chi connectivity index (χ4n) is 2.51. The molecule has 8 heteroatoms. The molecular formula is C17H14O8. The van der Waals surface area contributed by atoms with Crippen LogP contribution in [0.25, 0.3) is 22.3 Å². The van der Waals surface area contributed by atoms with E-state index < -0.39 is 22.7 Å². The Balaban J connectivity index is 2.36. The van der Waals surface area contributed by atoms with Gasteiger partial charge in [-0.25, -0.2) is 0 Å². The highest BCUT2D eigenvalue weighted by molar-refractivity contribution is 5.91. The zero-order chi connectivity index (χ0) is 18.3. The number of ether oxygens (including phenoxy) is 2. The van der Waals surface area contributed by atoms with Crippen molar-refractivity contribution < 1.29 is 34.3 Å². The summed E-state index contributed by atoms with van der Waals surface area (Å²) in [5.74, 6) is -2.36. The van der Waals surface area contributed by atoms with Gasteiger partial charge in [-0.3, -0.25) is 4.79 Å². The van der Waals surface area contributed by atoms with Gasteiger partial charge in [-0.15, -0.1) is 0 Å². The first-order valence-corrected chi connectivity index (χ1v) is 7.05. The Morgan fingerprint density at radius 1 is 0.920 bits per heavy atom. The van der Waals surface area contributed by atoms with E-state index in [0.29, 0.717) is 0 Å². The number of phenols is 3. The Bertz CT molecular complexity index is 1040. The lowest BCUT2D eigenvalue weighted by molar-refractivity contribution is 0.346. The Hall–Kier alpha value is -3.55. The molecule has 0 aliphatic carbocycles. The summed E-state index contributed by atoms with van der Waals surface area (Å²) in [5.41, 5.74) is -0.805. The molecule has 130 valence electrons. The number of methoxy groups -OCH3 is 2. The number of hydrogen-bond donors (Lipinski definition) is 4. The monoisotopic (exact) mass is 346 g/mol. The van der Waals surface area contributed by atoms with E-state index in [4.69, 9.17) is 13.9 Å². The fraction of sp³-hybridized carbons (Fsp3) is 0.118. The molecule has 1 heterocycles. The van der Waals surface area contributed by atoms with Gasteiger partial charge in [0, 0.05) is 11.6 Å². The zero-order valence-electron chi connectivity index (χ0n) is 13.2. The smallest absolute Gasteiger partial charge is 0.238 e. The van der Waals surface area contributed by atoms with Crippen LogP contribution in [-0.4, -0.2) is 34.6 Å². The molecule has 0 unspecified atom stereocenters. The number of hydrogen-bond acceptors (Lipinski definition) is 8. The van der Waals surface area contributed by atoms with Crippen LogP contribution >= 0.6 is 0 Å². The average Bonchev–Trinajstić information content (AvgIpc) is 2.58. The maximum Gasteiger partial charge on any atom is 0.238 e. The van der Waals surface area contributed by atoms with Crippen molar-refractivity contribution in [3.05, 3.63) is 34.5 Å². The van der Waals surface area contributed by atoms with Crippen molar-refractivity contribution in [2.45, 2.75) is 0 Å². The molecule has 0 bridgehead atoms. The first-order chi connectivity index (χ1) is 11.9. The normalized spacial score (nSPS) is 10.8. The summed E-state index contributed by atoms with van der Waals surface area (Å²) in [6.07, 6.45) is 0. The van der Waals surface area contributed by atoms with E-state index in [9.17, 15) is 25.2 Å². The van der Waals surface area contributed by atoms with Crippen molar-refractivity contribution in [2.24, 2.45) is 0 Å². The van der Waals surface area contributed by atoms with Gasteiger partial charge in [0.2, 0.25) is 16.9 Å². The third kappa shape index (κ3) is 2.44. The van der Waals surface area contributed by atoms with E-state index in [2.05, 4.69) is 0 Å². The van der Waals surface area contributed by atoms with Gasteiger partial charge >= 0.3 is 0 Å². The third-order valence-corrected chi connectivity index (χ3v) is 3.71. The molecule has 0 radical (unpaired) electrons. The van der Waals surface area contributed by atoms with Crippen LogP contribution in [0.2, 0.25) is 0 Å². The standard InChI is InChI=1S/C17H14O8/c1-23-10-5-7(3-4-8(10)18)16-15(22)13(20)12-11(25-16)6-9(19)17(24-2)14(12)21/h3-6,18-19,21-22H,1-2H3. The molecule has 0 aliphatic heterocycles. The summed E-state index contributed by atoms with van der Waals surface area (Å²) in [4.78, 5) is 12.5. The molecule has 1 aromatic heterocycles. The first kappa shape index (κ1) is 16.3. The van der Waals surface area contributed by atoms with E-state index in [0.717, 1.165) is 6.07 Å². The van der Waals surface area contributed by atoms with Crippen LogP contribution in [-0.2, 0) is 0 Å². The molecule has 0 amide bonds. The van der Waals surface area contributed by atoms with Crippen LogP contribution in [0, 0.1) is 0 Å². The predicted octanol–water partition coefficient (Wildman–Crippen LogP) is 2.30. The first-order valence-electron chi connectivity index (χ1n) is 7.05. The number of rotatable bonds is 3. The molecule has 0 atom stereocenters. The molecule has 25 heavy (non-hydrogen) atoms. The predicted molar refractivity (Wildman–Crippen MR) is 87.7 cm³/mol. The molecule has 0 spiro atoms. The second kappa shape index (κ2) is 5.82. The summed E-state index contributed by atoms with van der Waals surface area (Å²) < 4.78 is 15.3. The summed E-state index contributed by atoms with van der Waals surface area (Å²) >= 11 is 0. The summed E-state index contributed by atoms with van der Waals surface area (Å²) in [6.45, 7) is 0. The Labute approximate surface area is 140 Å². The molecule has 0 aliphatic rings. The molecule has 0 saturated heterocycles. The highest BCUT2D eigenvalue weighted by Gasteiger charge is 2.23. The van der Waals surface area contributed by atoms with Gasteiger partial charge in [-0.1, -0.05) is 0 Å². The average molecular weight is 346 g/mol. The summed E-state index contributed by atoms with van der Waals surface area (Å²) in [6, 6.07) is 5.17. The molecule has 3 aromatic rings. The zero-order valence-corrected chi connectivity index (χ0v) is 13.2. The molecule has 3 rings (SSSR count). The maximum atomic E-state index is 12.5. The minimum Gasteiger partial charge on any atom is -0.504 e. The SMILES string of the molecule is COc1cc(-c2oc3cc(O)c(OC)c(O)c3c(=O)c2O)ccc1O. The molecule has 2 aromatic carbocycles. The number of fused-ring (bicyclic) bond motifs is 1. The summed E-state index contributed by atoms with van der Waals surface area (Å²) in [5, 5.41) is 39.5. The Morgan fingerprint density at radius 3 is 2.28 bits per heavy atom. The molecule has 0 saturated carbocycles. The van der Waals surface area contributed by atoms with Crippen LogP contribution in [0.4, 0.5) is 0 Å². The molecule has 8 nitrogen and oxygen atoms in total. The van der Waals surface area contributed by atoms with Crippen LogP contribution in [0.5, 0.6) is 34.5 Å². The van der Waals surface area contributed by atoms with E-state index >= 15 is 0 Å². The lowest BCUT2D eigenvalue weighted by Crippen LogP contribution is -2.04. The van der Waals surface area contributed by atoms with Crippen LogP contribution in [0.15, 0.2) is 33.5 Å². The Morgan fingerprint density at radius 2 is 1.64 bits per heavy atom. The highest BCUT2D eigenvalue weighted by Crippen LogP contribution is 2.43. The number of aromatic hydroxyl groups is 4. The van der Waals surface area contributed by atoms with Gasteiger partial charge in [0.1, 0.15) is 11.0 Å². The molecule has 4 N–H and O–H groups in total. The van der Waals surface area contributed by atoms with Crippen molar-refractivity contribution in [3.63, 3.8) is 0 Å². The van der Waals surface area contributed by atoms with Gasteiger partial charge in [-0.05, 0) is 18.2 Å². The topological polar surface area (TPSA) is 130 Å². The lowest BCUT2D eigenvalue weighted by Gasteiger charge is -2.11. The van der Waals surface area contributed by atoms with Crippen molar-refractivity contribution in [1.82, 2.24) is 0 Å². The molecule has 0 fully saturated rings. The second-order valence-corrected chi connectivity index (χ2v) is 5.15. The van der Waals surface area contributed by atoms with E-state index in [1.54, 1.807) is 0 Å². The number of phenolic OH excluding ortho intramolecular Hbond substituents is 3. The van der Waals surface area contributed by atoms with E-state index in [-0.39, 0.29) is 39.5 Å². The minimum absolute atomic E-state index is 0.111. The number of benzene rings is 2. The van der Waals surface area contributed by atoms with Gasteiger partial charge in [0.15, 0.2) is 28.8 Å². The van der Waals surface area contributed by atoms with Crippen molar-refractivity contribution in [2.75, 3.05) is 14.2 Å².